The van der Waals surface area contributed by atoms with E-state index in [1.54, 1.807) is 0 Å². The molecule has 0 aromatic carbocycles. The second-order valence-corrected chi connectivity index (χ2v) is 2.42. The lowest BCUT2D eigenvalue weighted by Gasteiger charge is -1.99. The van der Waals surface area contributed by atoms with Crippen molar-refractivity contribution in [3.05, 3.63) is 40.0 Å². The van der Waals surface area contributed by atoms with Crippen LogP contribution in [-0.2, 0) is 11.3 Å². The fourth-order valence-electron chi connectivity index (χ4n) is 0.914. The number of ether oxygens (including phenoxy) is 1. The Balaban J connectivity index is 2.88. The third kappa shape index (κ3) is 2.46. The van der Waals surface area contributed by atoms with Gasteiger partial charge in [0, 0.05) is 16.8 Å². The number of azide groups is 1. The van der Waals surface area contributed by atoms with E-state index in [-0.39, 0.29) is 6.54 Å². The Bertz CT molecular complexity index is 385. The van der Waals surface area contributed by atoms with Crippen LogP contribution in [0.3, 0.4) is 0 Å². The van der Waals surface area contributed by atoms with Gasteiger partial charge in [-0.1, -0.05) is 5.11 Å². The zero-order valence-electron chi connectivity index (χ0n) is 7.54. The summed E-state index contributed by atoms with van der Waals surface area (Å²) in [5, 5.41) is 3.33. The molecule has 0 amide bonds. The molecule has 0 radical (unpaired) electrons. The van der Waals surface area contributed by atoms with E-state index >= 15 is 0 Å². The standard InChI is InChI=1S/C8H8N4O2/c1-14-8(13)6-2-3-10-7(4-6)5-11-12-9/h2-4H,5H2,1H3. The lowest BCUT2D eigenvalue weighted by molar-refractivity contribution is 0.0600. The Morgan fingerprint density at radius 3 is 3.21 bits per heavy atom. The van der Waals surface area contributed by atoms with Crippen LogP contribution < -0.4 is 0 Å². The zero-order valence-corrected chi connectivity index (χ0v) is 7.54. The molecule has 6 heteroatoms. The van der Waals surface area contributed by atoms with Gasteiger partial charge in [-0.2, -0.15) is 0 Å². The second kappa shape index (κ2) is 4.84. The molecule has 1 aromatic rings. The highest BCUT2D eigenvalue weighted by molar-refractivity contribution is 5.89. The average Bonchev–Trinajstić information content (AvgIpc) is 2.25. The number of hydrogen-bond acceptors (Lipinski definition) is 4. The van der Waals surface area contributed by atoms with E-state index in [4.69, 9.17) is 5.53 Å². The van der Waals surface area contributed by atoms with Crippen LogP contribution in [0.1, 0.15) is 16.1 Å². The maximum atomic E-state index is 11.1. The monoisotopic (exact) mass is 192 g/mol. The van der Waals surface area contributed by atoms with Crippen molar-refractivity contribution in [3.63, 3.8) is 0 Å². The molecule has 0 N–H and O–H groups in total. The van der Waals surface area contributed by atoms with Gasteiger partial charge in [-0.05, 0) is 17.7 Å². The molecule has 6 nitrogen and oxygen atoms in total. The van der Waals surface area contributed by atoms with E-state index in [2.05, 4.69) is 19.7 Å². The number of carbonyl (C=O) groups excluding carboxylic acids is 1. The van der Waals surface area contributed by atoms with E-state index in [1.165, 1.54) is 25.4 Å². The van der Waals surface area contributed by atoms with Gasteiger partial charge in [-0.15, -0.1) is 0 Å². The molecular weight excluding hydrogens is 184 g/mol. The SMILES string of the molecule is COC(=O)c1ccnc(CN=[N+]=[N-])c1. The van der Waals surface area contributed by atoms with Gasteiger partial charge in [-0.3, -0.25) is 4.98 Å². The molecule has 0 saturated carbocycles. The first kappa shape index (κ1) is 10.0. The number of rotatable bonds is 3. The van der Waals surface area contributed by atoms with E-state index in [1.807, 2.05) is 0 Å². The minimum absolute atomic E-state index is 0.126. The zero-order chi connectivity index (χ0) is 10.4. The van der Waals surface area contributed by atoms with Gasteiger partial charge in [0.25, 0.3) is 0 Å². The van der Waals surface area contributed by atoms with Gasteiger partial charge in [-0.25, -0.2) is 4.79 Å². The highest BCUT2D eigenvalue weighted by atomic mass is 16.5. The largest absolute Gasteiger partial charge is 0.465 e. The quantitative estimate of drug-likeness (QED) is 0.316. The van der Waals surface area contributed by atoms with E-state index < -0.39 is 5.97 Å². The normalized spacial score (nSPS) is 8.93. The molecule has 0 fully saturated rings. The topological polar surface area (TPSA) is 88.0 Å². The van der Waals surface area contributed by atoms with Crippen molar-refractivity contribution in [2.45, 2.75) is 6.54 Å². The van der Waals surface area contributed by atoms with Crippen molar-refractivity contribution in [3.8, 4) is 0 Å². The lowest BCUT2D eigenvalue weighted by atomic mass is 10.2. The highest BCUT2D eigenvalue weighted by Gasteiger charge is 2.05. The summed E-state index contributed by atoms with van der Waals surface area (Å²) in [5.74, 6) is -0.436. The molecule has 0 unspecified atom stereocenters. The molecule has 0 spiro atoms. The summed E-state index contributed by atoms with van der Waals surface area (Å²) in [5.41, 5.74) is 9.02. The van der Waals surface area contributed by atoms with Gasteiger partial charge in [0.2, 0.25) is 0 Å². The molecule has 0 aliphatic rings. The Hall–Kier alpha value is -2.07. The average molecular weight is 192 g/mol. The maximum absolute atomic E-state index is 11.1. The second-order valence-electron chi connectivity index (χ2n) is 2.42. The Morgan fingerprint density at radius 1 is 1.79 bits per heavy atom. The smallest absolute Gasteiger partial charge is 0.337 e. The van der Waals surface area contributed by atoms with Crippen LogP contribution >= 0.6 is 0 Å². The van der Waals surface area contributed by atoms with Crippen molar-refractivity contribution < 1.29 is 9.53 Å². The molecule has 0 aliphatic heterocycles. The van der Waals surface area contributed by atoms with E-state index in [0.717, 1.165) is 0 Å². The summed E-state index contributed by atoms with van der Waals surface area (Å²) in [6.07, 6.45) is 1.47. The van der Waals surface area contributed by atoms with Gasteiger partial charge < -0.3 is 4.74 Å². The lowest BCUT2D eigenvalue weighted by Crippen LogP contribution is -2.02. The van der Waals surface area contributed by atoms with Crippen LogP contribution in [0.4, 0.5) is 0 Å². The van der Waals surface area contributed by atoms with Crippen molar-refractivity contribution >= 4 is 5.97 Å². The summed E-state index contributed by atoms with van der Waals surface area (Å²) in [6, 6.07) is 3.06. The predicted molar refractivity (Wildman–Crippen MR) is 48.4 cm³/mol. The van der Waals surface area contributed by atoms with Crippen molar-refractivity contribution in [2.75, 3.05) is 7.11 Å². The number of esters is 1. The Kier molecular flexibility index (Phi) is 3.46. The molecule has 0 aliphatic carbocycles. The Morgan fingerprint density at radius 2 is 2.57 bits per heavy atom. The summed E-state index contributed by atoms with van der Waals surface area (Å²) in [6.45, 7) is 0.126. The summed E-state index contributed by atoms with van der Waals surface area (Å²) < 4.78 is 4.53. The molecule has 0 bridgehead atoms. The molecular formula is C8H8N4O2. The molecule has 0 saturated heterocycles. The van der Waals surface area contributed by atoms with Gasteiger partial charge in [0.05, 0.1) is 19.2 Å². The number of aromatic nitrogens is 1. The van der Waals surface area contributed by atoms with Crippen LogP contribution in [0, 0.1) is 0 Å². The first-order valence-electron chi connectivity index (χ1n) is 3.82. The molecule has 1 aromatic heterocycles. The van der Waals surface area contributed by atoms with Crippen molar-refractivity contribution in [1.82, 2.24) is 4.98 Å². The number of carbonyl (C=O) groups is 1. The summed E-state index contributed by atoms with van der Waals surface area (Å²) in [4.78, 5) is 17.6. The molecule has 1 rings (SSSR count). The molecule has 0 atom stereocenters. The summed E-state index contributed by atoms with van der Waals surface area (Å²) >= 11 is 0. The number of hydrogen-bond donors (Lipinski definition) is 0. The van der Waals surface area contributed by atoms with Crippen LogP contribution in [0.2, 0.25) is 0 Å². The van der Waals surface area contributed by atoms with Gasteiger partial charge in [0.15, 0.2) is 0 Å². The maximum Gasteiger partial charge on any atom is 0.337 e. The van der Waals surface area contributed by atoms with Gasteiger partial charge >= 0.3 is 5.97 Å². The fourth-order valence-corrected chi connectivity index (χ4v) is 0.914. The van der Waals surface area contributed by atoms with Crippen LogP contribution in [-0.4, -0.2) is 18.1 Å². The first-order valence-corrected chi connectivity index (χ1v) is 3.82. The van der Waals surface area contributed by atoms with Crippen LogP contribution in [0.25, 0.3) is 10.4 Å². The van der Waals surface area contributed by atoms with E-state index in [0.29, 0.717) is 11.3 Å². The fraction of sp³-hybridized carbons (Fsp3) is 0.250. The molecule has 72 valence electrons. The molecule has 1 heterocycles. The third-order valence-electron chi connectivity index (χ3n) is 1.53. The Labute approximate surface area is 80.2 Å². The predicted octanol–water partition coefficient (Wildman–Crippen LogP) is 1.68. The van der Waals surface area contributed by atoms with Crippen molar-refractivity contribution in [2.24, 2.45) is 5.11 Å². The van der Waals surface area contributed by atoms with Crippen LogP contribution in [0.15, 0.2) is 23.4 Å². The van der Waals surface area contributed by atoms with Gasteiger partial charge in [0.1, 0.15) is 0 Å². The van der Waals surface area contributed by atoms with E-state index in [9.17, 15) is 4.79 Å². The molecule has 14 heavy (non-hydrogen) atoms. The highest BCUT2D eigenvalue weighted by Crippen LogP contribution is 2.04. The minimum Gasteiger partial charge on any atom is -0.465 e. The first-order chi connectivity index (χ1) is 6.77. The van der Waals surface area contributed by atoms with Crippen LogP contribution in [0.5, 0.6) is 0 Å². The number of nitrogens with zero attached hydrogens (tertiary/aromatic N) is 4. The number of methoxy groups -OCH3 is 1. The minimum atomic E-state index is -0.436. The number of pyridine rings is 1. The summed E-state index contributed by atoms with van der Waals surface area (Å²) in [7, 11) is 1.30. The third-order valence-corrected chi connectivity index (χ3v) is 1.53. The van der Waals surface area contributed by atoms with Crippen molar-refractivity contribution in [1.29, 1.82) is 0 Å².